The third-order valence-electron chi connectivity index (χ3n) is 5.80. The fraction of sp³-hybridized carbons (Fsp3) is 0.385. The van der Waals surface area contributed by atoms with E-state index in [0.29, 0.717) is 25.9 Å². The van der Waals surface area contributed by atoms with Crippen LogP contribution in [0.5, 0.6) is 0 Å². The molecule has 4 rings (SSSR count). The van der Waals surface area contributed by atoms with E-state index in [-0.39, 0.29) is 24.2 Å². The zero-order chi connectivity index (χ0) is 23.8. The van der Waals surface area contributed by atoms with Crippen LogP contribution in [-0.2, 0) is 28.9 Å². The number of hydrogen-bond donors (Lipinski definition) is 1. The molecule has 2 heterocycles. The predicted octanol–water partition coefficient (Wildman–Crippen LogP) is 5.06. The molecule has 6 nitrogen and oxygen atoms in total. The molecule has 2 amide bonds. The van der Waals surface area contributed by atoms with Gasteiger partial charge in [0.25, 0.3) is 0 Å². The van der Waals surface area contributed by atoms with Gasteiger partial charge in [0.05, 0.1) is 5.69 Å². The van der Waals surface area contributed by atoms with Gasteiger partial charge in [0, 0.05) is 36.1 Å². The third-order valence-corrected chi connectivity index (χ3v) is 5.80. The number of anilines is 1. The summed E-state index contributed by atoms with van der Waals surface area (Å²) in [5, 5.41) is 3.77. The molecule has 7 heteroatoms. The molecule has 1 aliphatic heterocycles. The van der Waals surface area contributed by atoms with Crippen molar-refractivity contribution in [1.82, 2.24) is 9.47 Å². The molecule has 0 aliphatic carbocycles. The number of benzene rings is 2. The first-order valence-corrected chi connectivity index (χ1v) is 11.3. The number of nitrogens with one attached hydrogen (secondary N) is 1. The van der Waals surface area contributed by atoms with Crippen molar-refractivity contribution in [3.05, 3.63) is 65.1 Å². The summed E-state index contributed by atoms with van der Waals surface area (Å²) in [6.45, 7) is 8.49. The quantitative estimate of drug-likeness (QED) is 0.605. The van der Waals surface area contributed by atoms with E-state index < -0.39 is 11.4 Å². The predicted molar refractivity (Wildman–Crippen MR) is 127 cm³/mol. The van der Waals surface area contributed by atoms with Crippen LogP contribution in [0.3, 0.4) is 0 Å². The number of carbonyl (C=O) groups is 2. The van der Waals surface area contributed by atoms with E-state index in [1.54, 1.807) is 24.0 Å². The first-order chi connectivity index (χ1) is 15.6. The maximum Gasteiger partial charge on any atom is 0.410 e. The van der Waals surface area contributed by atoms with E-state index in [1.165, 1.54) is 6.07 Å². The van der Waals surface area contributed by atoms with Gasteiger partial charge < -0.3 is 19.5 Å². The van der Waals surface area contributed by atoms with Gasteiger partial charge in [0.15, 0.2) is 0 Å². The Morgan fingerprint density at radius 1 is 1.09 bits per heavy atom. The van der Waals surface area contributed by atoms with Crippen molar-refractivity contribution >= 4 is 28.6 Å². The molecule has 174 valence electrons. The average molecular weight is 452 g/mol. The smallest absolute Gasteiger partial charge is 0.410 e. The molecule has 0 saturated heterocycles. The van der Waals surface area contributed by atoms with Gasteiger partial charge >= 0.3 is 6.09 Å². The van der Waals surface area contributed by atoms with Gasteiger partial charge in [0.1, 0.15) is 18.0 Å². The van der Waals surface area contributed by atoms with Crippen molar-refractivity contribution in [1.29, 1.82) is 0 Å². The van der Waals surface area contributed by atoms with Gasteiger partial charge in [-0.3, -0.25) is 4.79 Å². The van der Waals surface area contributed by atoms with Gasteiger partial charge in [-0.15, -0.1) is 0 Å². The molecule has 1 aromatic heterocycles. The number of amides is 2. The fourth-order valence-electron chi connectivity index (χ4n) is 4.34. The summed E-state index contributed by atoms with van der Waals surface area (Å²) in [5.41, 5.74) is 3.55. The van der Waals surface area contributed by atoms with Gasteiger partial charge in [-0.05, 0) is 63.4 Å². The number of ether oxygens (including phenoxy) is 1. The molecular formula is C26H30FN3O3. The van der Waals surface area contributed by atoms with E-state index in [0.717, 1.165) is 27.7 Å². The van der Waals surface area contributed by atoms with Gasteiger partial charge in [-0.2, -0.15) is 0 Å². The molecular weight excluding hydrogens is 421 g/mol. The SMILES string of the molecule is Cc1ccc(NC(=O)Cn2c3c(c4ccccc42)CCN(C(=O)OC(C)(C)C)CC3)c(F)c1. The van der Waals surface area contributed by atoms with Gasteiger partial charge in [0.2, 0.25) is 5.91 Å². The summed E-state index contributed by atoms with van der Waals surface area (Å²) in [4.78, 5) is 27.2. The number of aromatic nitrogens is 1. The lowest BCUT2D eigenvalue weighted by atomic mass is 10.1. The van der Waals surface area contributed by atoms with Crippen molar-refractivity contribution in [2.24, 2.45) is 0 Å². The Kier molecular flexibility index (Phi) is 6.15. The Balaban J connectivity index is 1.59. The summed E-state index contributed by atoms with van der Waals surface area (Å²) >= 11 is 0. The van der Waals surface area contributed by atoms with Crippen LogP contribution in [0.25, 0.3) is 10.9 Å². The molecule has 3 aromatic rings. The molecule has 1 aliphatic rings. The van der Waals surface area contributed by atoms with Crippen LogP contribution in [0.4, 0.5) is 14.9 Å². The molecule has 0 atom stereocenters. The highest BCUT2D eigenvalue weighted by atomic mass is 19.1. The highest BCUT2D eigenvalue weighted by Gasteiger charge is 2.27. The summed E-state index contributed by atoms with van der Waals surface area (Å²) in [7, 11) is 0. The molecule has 1 N–H and O–H groups in total. The maximum atomic E-state index is 14.2. The molecule has 0 unspecified atom stereocenters. The van der Waals surface area contributed by atoms with Crippen LogP contribution < -0.4 is 5.32 Å². The number of nitrogens with zero attached hydrogens (tertiary/aromatic N) is 2. The Labute approximate surface area is 193 Å². The monoisotopic (exact) mass is 451 g/mol. The highest BCUT2D eigenvalue weighted by Crippen LogP contribution is 2.30. The lowest BCUT2D eigenvalue weighted by molar-refractivity contribution is -0.116. The molecule has 0 saturated carbocycles. The number of hydrogen-bond acceptors (Lipinski definition) is 3. The molecule has 2 aromatic carbocycles. The number of halogens is 1. The number of carbonyl (C=O) groups excluding carboxylic acids is 2. The van der Waals surface area contributed by atoms with Crippen LogP contribution in [0.15, 0.2) is 42.5 Å². The first kappa shape index (κ1) is 22.8. The maximum absolute atomic E-state index is 14.2. The van der Waals surface area contributed by atoms with E-state index in [4.69, 9.17) is 4.74 Å². The Hall–Kier alpha value is -3.35. The first-order valence-electron chi connectivity index (χ1n) is 11.3. The Morgan fingerprint density at radius 3 is 2.55 bits per heavy atom. The number of fused-ring (bicyclic) bond motifs is 3. The summed E-state index contributed by atoms with van der Waals surface area (Å²) in [5.74, 6) is -0.748. The summed E-state index contributed by atoms with van der Waals surface area (Å²) < 4.78 is 21.8. The summed E-state index contributed by atoms with van der Waals surface area (Å²) in [6.07, 6.45) is 0.960. The number of para-hydroxylation sites is 1. The lowest BCUT2D eigenvalue weighted by Crippen LogP contribution is -2.38. The normalized spacial score (nSPS) is 14.0. The number of aryl methyl sites for hydroxylation is 1. The van der Waals surface area contributed by atoms with Crippen LogP contribution >= 0.6 is 0 Å². The minimum Gasteiger partial charge on any atom is -0.444 e. The lowest BCUT2D eigenvalue weighted by Gasteiger charge is -2.26. The van der Waals surface area contributed by atoms with Crippen molar-refractivity contribution in [2.75, 3.05) is 18.4 Å². The number of rotatable bonds is 3. The van der Waals surface area contributed by atoms with E-state index in [2.05, 4.69) is 5.32 Å². The van der Waals surface area contributed by atoms with Crippen LogP contribution in [-0.4, -0.2) is 40.2 Å². The molecule has 0 spiro atoms. The largest absolute Gasteiger partial charge is 0.444 e. The standard InChI is InChI=1S/C26H30FN3O3/c1-17-9-10-21(20(27)15-17)28-24(31)16-30-22-8-6-5-7-18(22)19-11-13-29(14-12-23(19)30)25(32)33-26(2,3)4/h5-10,15H,11-14,16H2,1-4H3,(H,28,31). The van der Waals surface area contributed by atoms with Gasteiger partial charge in [-0.25, -0.2) is 9.18 Å². The second-order valence-corrected chi connectivity index (χ2v) is 9.53. The van der Waals surface area contributed by atoms with Crippen molar-refractivity contribution < 1.29 is 18.7 Å². The Bertz CT molecular complexity index is 1210. The van der Waals surface area contributed by atoms with Crippen LogP contribution in [0.1, 0.15) is 37.6 Å². The fourth-order valence-corrected chi connectivity index (χ4v) is 4.34. The molecule has 33 heavy (non-hydrogen) atoms. The molecule has 0 bridgehead atoms. The highest BCUT2D eigenvalue weighted by molar-refractivity contribution is 5.93. The van der Waals surface area contributed by atoms with Crippen molar-refractivity contribution in [3.8, 4) is 0 Å². The van der Waals surface area contributed by atoms with Crippen molar-refractivity contribution in [2.45, 2.75) is 52.7 Å². The Morgan fingerprint density at radius 2 is 1.82 bits per heavy atom. The molecule has 0 fully saturated rings. The van der Waals surface area contributed by atoms with Crippen LogP contribution in [0, 0.1) is 12.7 Å². The minimum absolute atomic E-state index is 0.0651. The third kappa shape index (κ3) is 5.02. The van der Waals surface area contributed by atoms with E-state index >= 15 is 0 Å². The zero-order valence-corrected chi connectivity index (χ0v) is 19.6. The minimum atomic E-state index is -0.554. The van der Waals surface area contributed by atoms with E-state index in [1.807, 2.05) is 49.6 Å². The topological polar surface area (TPSA) is 63.6 Å². The second kappa shape index (κ2) is 8.89. The summed E-state index contributed by atoms with van der Waals surface area (Å²) in [6, 6.07) is 12.7. The average Bonchev–Trinajstić information content (AvgIpc) is 2.87. The van der Waals surface area contributed by atoms with Crippen molar-refractivity contribution in [3.63, 3.8) is 0 Å². The zero-order valence-electron chi connectivity index (χ0n) is 19.6. The van der Waals surface area contributed by atoms with Gasteiger partial charge in [-0.1, -0.05) is 24.3 Å². The second-order valence-electron chi connectivity index (χ2n) is 9.53. The van der Waals surface area contributed by atoms with E-state index in [9.17, 15) is 14.0 Å². The molecule has 0 radical (unpaired) electrons. The van der Waals surface area contributed by atoms with Crippen LogP contribution in [0.2, 0.25) is 0 Å².